The molecule has 2 N–H and O–H groups in total. The lowest BCUT2D eigenvalue weighted by Crippen LogP contribution is -2.28. The summed E-state index contributed by atoms with van der Waals surface area (Å²) in [5.74, 6) is 0.394. The summed E-state index contributed by atoms with van der Waals surface area (Å²) >= 11 is 0. The highest BCUT2D eigenvalue weighted by Crippen LogP contribution is 2.24. The summed E-state index contributed by atoms with van der Waals surface area (Å²) in [7, 11) is 0. The summed E-state index contributed by atoms with van der Waals surface area (Å²) in [4.78, 5) is 12.2. The molecule has 0 fully saturated rings. The molecule has 1 aromatic heterocycles. The van der Waals surface area contributed by atoms with E-state index in [-0.39, 0.29) is 17.2 Å². The van der Waals surface area contributed by atoms with Gasteiger partial charge in [-0.15, -0.1) is 0 Å². The van der Waals surface area contributed by atoms with Crippen LogP contribution >= 0.6 is 0 Å². The van der Waals surface area contributed by atoms with Gasteiger partial charge in [0.15, 0.2) is 11.5 Å². The van der Waals surface area contributed by atoms with Gasteiger partial charge in [0.1, 0.15) is 5.58 Å². The molecule has 0 amide bonds. The Hall–Kier alpha value is -1.61. The summed E-state index contributed by atoms with van der Waals surface area (Å²) in [6.07, 6.45) is 1.15. The number of carbonyl (C=O) groups excluding carboxylic acids is 1. The zero-order valence-electron chi connectivity index (χ0n) is 12.7. The molecule has 0 radical (unpaired) electrons. The van der Waals surface area contributed by atoms with Gasteiger partial charge in [0, 0.05) is 17.8 Å². The summed E-state index contributed by atoms with van der Waals surface area (Å²) in [6.45, 7) is 8.40. The molecule has 0 saturated heterocycles. The van der Waals surface area contributed by atoms with Gasteiger partial charge in [-0.05, 0) is 37.0 Å². The van der Waals surface area contributed by atoms with Crippen LogP contribution in [0.5, 0.6) is 0 Å². The van der Waals surface area contributed by atoms with Crippen molar-refractivity contribution in [2.45, 2.75) is 46.6 Å². The third kappa shape index (κ3) is 3.70. The summed E-state index contributed by atoms with van der Waals surface area (Å²) in [5, 5.41) is 0.970. The second-order valence-corrected chi connectivity index (χ2v) is 6.80. The van der Waals surface area contributed by atoms with Crippen LogP contribution in [0.3, 0.4) is 0 Å². The van der Waals surface area contributed by atoms with E-state index < -0.39 is 0 Å². The van der Waals surface area contributed by atoms with E-state index in [1.807, 2.05) is 31.2 Å². The molecule has 1 unspecified atom stereocenters. The van der Waals surface area contributed by atoms with Crippen LogP contribution in [0.2, 0.25) is 0 Å². The van der Waals surface area contributed by atoms with Gasteiger partial charge >= 0.3 is 0 Å². The third-order valence-electron chi connectivity index (χ3n) is 3.27. The van der Waals surface area contributed by atoms with E-state index in [9.17, 15) is 4.79 Å². The predicted octanol–water partition coefficient (Wildman–Crippen LogP) is 4.08. The average molecular weight is 273 g/mol. The van der Waals surface area contributed by atoms with E-state index in [1.54, 1.807) is 0 Å². The average Bonchev–Trinajstić information content (AvgIpc) is 2.68. The van der Waals surface area contributed by atoms with Gasteiger partial charge < -0.3 is 10.2 Å². The molecule has 0 aliphatic heterocycles. The van der Waals surface area contributed by atoms with E-state index in [1.165, 1.54) is 0 Å². The molecule has 3 nitrogen and oxygen atoms in total. The number of furan rings is 1. The standard InChI is InChI=1S/C17H23NO2/c1-11-5-6-15-12(7-11)8-16(20-15)14(19)9-13(18)10-17(2,3)4/h5-8,13H,9-10,18H2,1-4H3. The quantitative estimate of drug-likeness (QED) is 0.854. The molecule has 20 heavy (non-hydrogen) atoms. The van der Waals surface area contributed by atoms with Crippen molar-refractivity contribution in [1.82, 2.24) is 0 Å². The van der Waals surface area contributed by atoms with Gasteiger partial charge in [0.05, 0.1) is 0 Å². The van der Waals surface area contributed by atoms with E-state index in [2.05, 4.69) is 20.8 Å². The van der Waals surface area contributed by atoms with Crippen LogP contribution in [0.4, 0.5) is 0 Å². The Morgan fingerprint density at radius 1 is 1.30 bits per heavy atom. The molecule has 1 heterocycles. The highest BCUT2D eigenvalue weighted by Gasteiger charge is 2.20. The lowest BCUT2D eigenvalue weighted by molar-refractivity contribution is 0.0943. The van der Waals surface area contributed by atoms with Crippen molar-refractivity contribution >= 4 is 16.8 Å². The predicted molar refractivity (Wildman–Crippen MR) is 81.9 cm³/mol. The molecule has 3 heteroatoms. The summed E-state index contributed by atoms with van der Waals surface area (Å²) in [6, 6.07) is 7.58. The summed E-state index contributed by atoms with van der Waals surface area (Å²) in [5.41, 5.74) is 8.09. The van der Waals surface area contributed by atoms with E-state index in [0.717, 1.165) is 23.0 Å². The molecule has 2 aromatic rings. The van der Waals surface area contributed by atoms with Crippen LogP contribution in [0.25, 0.3) is 11.0 Å². The van der Waals surface area contributed by atoms with Crippen LogP contribution in [0.1, 0.15) is 49.7 Å². The van der Waals surface area contributed by atoms with E-state index >= 15 is 0 Å². The van der Waals surface area contributed by atoms with Crippen molar-refractivity contribution < 1.29 is 9.21 Å². The van der Waals surface area contributed by atoms with Crippen LogP contribution in [-0.2, 0) is 0 Å². The molecule has 0 aliphatic carbocycles. The molecule has 1 atom stereocenters. The minimum Gasteiger partial charge on any atom is -0.453 e. The minimum atomic E-state index is -0.127. The third-order valence-corrected chi connectivity index (χ3v) is 3.27. The Kier molecular flexibility index (Phi) is 4.00. The Morgan fingerprint density at radius 3 is 2.65 bits per heavy atom. The zero-order valence-corrected chi connectivity index (χ0v) is 12.7. The van der Waals surface area contributed by atoms with Crippen LogP contribution < -0.4 is 5.73 Å². The summed E-state index contributed by atoms with van der Waals surface area (Å²) < 4.78 is 5.61. The van der Waals surface area contributed by atoms with Crippen LogP contribution in [0.15, 0.2) is 28.7 Å². The van der Waals surface area contributed by atoms with Gasteiger partial charge in [-0.2, -0.15) is 0 Å². The largest absolute Gasteiger partial charge is 0.453 e. The highest BCUT2D eigenvalue weighted by atomic mass is 16.3. The molecule has 0 aliphatic rings. The molecule has 2 rings (SSSR count). The number of benzene rings is 1. The SMILES string of the molecule is Cc1ccc2oc(C(=O)CC(N)CC(C)(C)C)cc2c1. The van der Waals surface area contributed by atoms with E-state index in [4.69, 9.17) is 10.2 Å². The van der Waals surface area contributed by atoms with Gasteiger partial charge in [-0.1, -0.05) is 32.4 Å². The van der Waals surface area contributed by atoms with Gasteiger partial charge in [-0.25, -0.2) is 0 Å². The van der Waals surface area contributed by atoms with E-state index in [0.29, 0.717) is 12.2 Å². The fourth-order valence-corrected chi connectivity index (χ4v) is 2.50. The van der Waals surface area contributed by atoms with Crippen molar-refractivity contribution in [3.05, 3.63) is 35.6 Å². The second-order valence-electron chi connectivity index (χ2n) is 6.80. The fraction of sp³-hybridized carbons (Fsp3) is 0.471. The molecular formula is C17H23NO2. The Labute approximate surface area is 120 Å². The second kappa shape index (κ2) is 5.41. The number of rotatable bonds is 4. The molecule has 0 bridgehead atoms. The number of hydrogen-bond acceptors (Lipinski definition) is 3. The number of aryl methyl sites for hydroxylation is 1. The first kappa shape index (κ1) is 14.8. The lowest BCUT2D eigenvalue weighted by Gasteiger charge is -2.22. The van der Waals surface area contributed by atoms with Crippen molar-refractivity contribution in [3.63, 3.8) is 0 Å². The molecular weight excluding hydrogens is 250 g/mol. The lowest BCUT2D eigenvalue weighted by atomic mass is 9.86. The Bertz CT molecular complexity index is 619. The number of fused-ring (bicyclic) bond motifs is 1. The maximum Gasteiger partial charge on any atom is 0.199 e. The first-order chi connectivity index (χ1) is 9.24. The van der Waals surface area contributed by atoms with Gasteiger partial charge in [-0.3, -0.25) is 4.79 Å². The van der Waals surface area contributed by atoms with Crippen molar-refractivity contribution in [2.75, 3.05) is 0 Å². The number of hydrogen-bond donors (Lipinski definition) is 1. The number of nitrogens with two attached hydrogens (primary N) is 1. The highest BCUT2D eigenvalue weighted by molar-refractivity contribution is 5.97. The first-order valence-corrected chi connectivity index (χ1v) is 7.03. The monoisotopic (exact) mass is 273 g/mol. The van der Waals surface area contributed by atoms with Crippen LogP contribution in [-0.4, -0.2) is 11.8 Å². The van der Waals surface area contributed by atoms with Crippen LogP contribution in [0, 0.1) is 12.3 Å². The van der Waals surface area contributed by atoms with Gasteiger partial charge in [0.2, 0.25) is 0 Å². The number of Topliss-reactive ketones (excluding diaryl/α,β-unsaturated/α-hetero) is 1. The Morgan fingerprint density at radius 2 is 2.00 bits per heavy atom. The molecule has 0 saturated carbocycles. The Balaban J connectivity index is 2.11. The maximum atomic E-state index is 12.2. The molecule has 108 valence electrons. The van der Waals surface area contributed by atoms with Crippen molar-refractivity contribution in [3.8, 4) is 0 Å². The smallest absolute Gasteiger partial charge is 0.199 e. The topological polar surface area (TPSA) is 56.2 Å². The van der Waals surface area contributed by atoms with Crippen molar-refractivity contribution in [2.24, 2.45) is 11.1 Å². The fourth-order valence-electron chi connectivity index (χ4n) is 2.50. The number of carbonyl (C=O) groups is 1. The normalized spacial score (nSPS) is 13.7. The van der Waals surface area contributed by atoms with Crippen molar-refractivity contribution in [1.29, 1.82) is 0 Å². The zero-order chi connectivity index (χ0) is 14.9. The maximum absolute atomic E-state index is 12.2. The molecule has 0 spiro atoms. The minimum absolute atomic E-state index is 0.0180. The number of ketones is 1. The van der Waals surface area contributed by atoms with Gasteiger partial charge in [0.25, 0.3) is 0 Å². The molecule has 1 aromatic carbocycles. The first-order valence-electron chi connectivity index (χ1n) is 7.03.